The Bertz CT molecular complexity index is 792. The van der Waals surface area contributed by atoms with E-state index < -0.39 is 9.05 Å². The van der Waals surface area contributed by atoms with Crippen molar-refractivity contribution in [2.24, 2.45) is 0 Å². The van der Waals surface area contributed by atoms with Crippen molar-refractivity contribution in [3.8, 4) is 0 Å². The molecule has 2 aromatic rings. The van der Waals surface area contributed by atoms with Crippen molar-refractivity contribution in [3.63, 3.8) is 0 Å². The van der Waals surface area contributed by atoms with Crippen molar-refractivity contribution >= 4 is 58.9 Å². The average Bonchev–Trinajstić information content (AvgIpc) is 2.41. The van der Waals surface area contributed by atoms with E-state index in [9.17, 15) is 13.2 Å². The first kappa shape index (κ1) is 16.3. The highest BCUT2D eigenvalue weighted by Crippen LogP contribution is 2.24. The summed E-state index contributed by atoms with van der Waals surface area (Å²) >= 11 is 9.16. The SMILES string of the molecule is O=C(Nc1ccc(S(=O)(=O)Cl)cc1)c1ccc(Br)c(Cl)c1. The first-order valence-electron chi connectivity index (χ1n) is 5.58. The lowest BCUT2D eigenvalue weighted by Crippen LogP contribution is -2.11. The molecular weight excluding hydrogens is 401 g/mol. The molecular formula is C13H8BrCl2NO3S. The Labute approximate surface area is 139 Å². The van der Waals surface area contributed by atoms with Crippen LogP contribution in [-0.2, 0) is 9.05 Å². The lowest BCUT2D eigenvalue weighted by molar-refractivity contribution is 0.102. The van der Waals surface area contributed by atoms with Crippen molar-refractivity contribution in [1.82, 2.24) is 0 Å². The summed E-state index contributed by atoms with van der Waals surface area (Å²) in [6.45, 7) is 0. The maximum Gasteiger partial charge on any atom is 0.261 e. The van der Waals surface area contributed by atoms with Gasteiger partial charge >= 0.3 is 0 Å². The van der Waals surface area contributed by atoms with E-state index in [-0.39, 0.29) is 10.8 Å². The quantitative estimate of drug-likeness (QED) is 0.770. The van der Waals surface area contributed by atoms with Crippen molar-refractivity contribution in [2.75, 3.05) is 5.32 Å². The molecule has 0 aliphatic heterocycles. The minimum atomic E-state index is -3.77. The average molecular weight is 409 g/mol. The molecule has 0 fully saturated rings. The van der Waals surface area contributed by atoms with E-state index in [1.807, 2.05) is 0 Å². The summed E-state index contributed by atoms with van der Waals surface area (Å²) in [5.41, 5.74) is 0.834. The summed E-state index contributed by atoms with van der Waals surface area (Å²) in [5, 5.41) is 3.06. The molecule has 0 aliphatic rings. The summed E-state index contributed by atoms with van der Waals surface area (Å²) in [5.74, 6) is -0.356. The molecule has 8 heteroatoms. The summed E-state index contributed by atoms with van der Waals surface area (Å²) in [7, 11) is 1.44. The fraction of sp³-hybridized carbons (Fsp3) is 0. The third kappa shape index (κ3) is 4.20. The predicted molar refractivity (Wildman–Crippen MR) is 86.6 cm³/mol. The van der Waals surface area contributed by atoms with Gasteiger partial charge in [-0.2, -0.15) is 0 Å². The van der Waals surface area contributed by atoms with E-state index in [4.69, 9.17) is 22.3 Å². The van der Waals surface area contributed by atoms with Gasteiger partial charge in [0.25, 0.3) is 15.0 Å². The number of hydrogen-bond donors (Lipinski definition) is 1. The topological polar surface area (TPSA) is 63.2 Å². The number of rotatable bonds is 3. The van der Waals surface area contributed by atoms with Crippen LogP contribution in [0.15, 0.2) is 51.8 Å². The molecule has 0 saturated carbocycles. The number of carbonyl (C=O) groups is 1. The molecule has 21 heavy (non-hydrogen) atoms. The van der Waals surface area contributed by atoms with Gasteiger partial charge in [-0.1, -0.05) is 11.6 Å². The lowest BCUT2D eigenvalue weighted by atomic mass is 10.2. The van der Waals surface area contributed by atoms with Crippen LogP contribution < -0.4 is 5.32 Å². The van der Waals surface area contributed by atoms with Crippen LogP contribution in [0.1, 0.15) is 10.4 Å². The van der Waals surface area contributed by atoms with Gasteiger partial charge in [-0.3, -0.25) is 4.79 Å². The second-order valence-corrected chi connectivity index (χ2v) is 7.87. The Morgan fingerprint density at radius 3 is 2.24 bits per heavy atom. The minimum absolute atomic E-state index is 0.0335. The van der Waals surface area contributed by atoms with Crippen molar-refractivity contribution < 1.29 is 13.2 Å². The third-order valence-electron chi connectivity index (χ3n) is 2.58. The van der Waals surface area contributed by atoms with Gasteiger partial charge in [-0.25, -0.2) is 8.42 Å². The fourth-order valence-electron chi connectivity index (χ4n) is 1.54. The van der Waals surface area contributed by atoms with Gasteiger partial charge in [0.15, 0.2) is 0 Å². The van der Waals surface area contributed by atoms with Crippen LogP contribution in [0.25, 0.3) is 0 Å². The highest BCUT2D eigenvalue weighted by Gasteiger charge is 2.11. The first-order valence-corrected chi connectivity index (χ1v) is 9.06. The van der Waals surface area contributed by atoms with Crippen LogP contribution in [0.5, 0.6) is 0 Å². The number of anilines is 1. The van der Waals surface area contributed by atoms with E-state index in [1.54, 1.807) is 12.1 Å². The maximum absolute atomic E-state index is 12.0. The number of nitrogens with one attached hydrogen (secondary N) is 1. The van der Waals surface area contributed by atoms with Crippen LogP contribution >= 0.6 is 38.2 Å². The van der Waals surface area contributed by atoms with Crippen molar-refractivity contribution in [3.05, 3.63) is 57.5 Å². The van der Waals surface area contributed by atoms with E-state index >= 15 is 0 Å². The van der Waals surface area contributed by atoms with Crippen LogP contribution in [0.3, 0.4) is 0 Å². The largest absolute Gasteiger partial charge is 0.322 e. The number of amides is 1. The summed E-state index contributed by atoms with van der Waals surface area (Å²) in [6, 6.07) is 10.3. The summed E-state index contributed by atoms with van der Waals surface area (Å²) < 4.78 is 22.9. The Morgan fingerprint density at radius 2 is 1.71 bits per heavy atom. The van der Waals surface area contributed by atoms with Crippen LogP contribution in [0.2, 0.25) is 5.02 Å². The molecule has 0 radical (unpaired) electrons. The zero-order chi connectivity index (χ0) is 15.6. The lowest BCUT2D eigenvalue weighted by Gasteiger charge is -2.06. The van der Waals surface area contributed by atoms with Gasteiger partial charge in [-0.15, -0.1) is 0 Å². The van der Waals surface area contributed by atoms with Gasteiger partial charge in [0.1, 0.15) is 0 Å². The van der Waals surface area contributed by atoms with E-state index in [0.717, 1.165) is 0 Å². The number of hydrogen-bond acceptors (Lipinski definition) is 3. The van der Waals surface area contributed by atoms with E-state index in [0.29, 0.717) is 20.7 Å². The maximum atomic E-state index is 12.0. The van der Waals surface area contributed by atoms with Crippen LogP contribution in [0.4, 0.5) is 5.69 Å². The van der Waals surface area contributed by atoms with E-state index in [2.05, 4.69) is 21.2 Å². The van der Waals surface area contributed by atoms with E-state index in [1.165, 1.54) is 30.3 Å². The van der Waals surface area contributed by atoms with Gasteiger partial charge < -0.3 is 5.32 Å². The van der Waals surface area contributed by atoms with Gasteiger partial charge in [0.2, 0.25) is 0 Å². The molecule has 110 valence electrons. The minimum Gasteiger partial charge on any atom is -0.322 e. The monoisotopic (exact) mass is 407 g/mol. The smallest absolute Gasteiger partial charge is 0.261 e. The summed E-state index contributed by atoms with van der Waals surface area (Å²) in [4.78, 5) is 12.0. The molecule has 2 rings (SSSR count). The highest BCUT2D eigenvalue weighted by molar-refractivity contribution is 9.10. The third-order valence-corrected chi connectivity index (χ3v) is 5.18. The molecule has 0 saturated heterocycles. The van der Waals surface area contributed by atoms with Gasteiger partial charge in [-0.05, 0) is 58.4 Å². The molecule has 1 N–H and O–H groups in total. The first-order chi connectivity index (χ1) is 9.77. The van der Waals surface area contributed by atoms with Crippen molar-refractivity contribution in [2.45, 2.75) is 4.90 Å². The standard InChI is InChI=1S/C13H8BrCl2NO3S/c14-11-6-1-8(7-12(11)15)13(18)17-9-2-4-10(5-3-9)21(16,19)20/h1-7H,(H,17,18). The summed E-state index contributed by atoms with van der Waals surface area (Å²) in [6.07, 6.45) is 0. The molecule has 0 unspecified atom stereocenters. The van der Waals surface area contributed by atoms with Crippen LogP contribution in [-0.4, -0.2) is 14.3 Å². The molecule has 0 spiro atoms. The normalized spacial score (nSPS) is 11.2. The zero-order valence-corrected chi connectivity index (χ0v) is 14.2. The number of carbonyl (C=O) groups excluding carboxylic acids is 1. The molecule has 0 bridgehead atoms. The molecule has 0 aliphatic carbocycles. The van der Waals surface area contributed by atoms with Gasteiger partial charge in [0, 0.05) is 26.4 Å². The molecule has 2 aromatic carbocycles. The van der Waals surface area contributed by atoms with Gasteiger partial charge in [0.05, 0.1) is 9.92 Å². The molecule has 4 nitrogen and oxygen atoms in total. The highest BCUT2D eigenvalue weighted by atomic mass is 79.9. The Morgan fingerprint density at radius 1 is 1.10 bits per heavy atom. The Kier molecular flexibility index (Phi) is 4.93. The second kappa shape index (κ2) is 6.36. The molecule has 0 atom stereocenters. The fourth-order valence-corrected chi connectivity index (χ4v) is 2.74. The van der Waals surface area contributed by atoms with Crippen LogP contribution in [0, 0.1) is 0 Å². The Balaban J connectivity index is 2.18. The molecule has 1 amide bonds. The Hall–Kier alpha value is -1.08. The number of benzene rings is 2. The number of halogens is 3. The molecule has 0 heterocycles. The molecule has 0 aromatic heterocycles. The zero-order valence-electron chi connectivity index (χ0n) is 10.3. The van der Waals surface area contributed by atoms with Crippen molar-refractivity contribution in [1.29, 1.82) is 0 Å². The predicted octanol–water partition coefficient (Wildman–Crippen LogP) is 4.28. The second-order valence-electron chi connectivity index (χ2n) is 4.05.